The molecule has 0 aromatic carbocycles. The molecule has 0 amide bonds. The maximum atomic E-state index is 3.56. The van der Waals surface area contributed by atoms with E-state index in [1.165, 1.54) is 30.9 Å². The number of hydrogen-bond acceptors (Lipinski definition) is 2. The van der Waals surface area contributed by atoms with Gasteiger partial charge in [0.2, 0.25) is 0 Å². The summed E-state index contributed by atoms with van der Waals surface area (Å²) < 4.78 is 0. The molecule has 1 saturated heterocycles. The molecule has 1 aliphatic carbocycles. The van der Waals surface area contributed by atoms with Crippen molar-refractivity contribution in [2.45, 2.75) is 18.9 Å². The van der Waals surface area contributed by atoms with E-state index in [2.05, 4.69) is 17.1 Å². The van der Waals surface area contributed by atoms with E-state index in [0.717, 1.165) is 12.0 Å². The molecular weight excluding hydrogens is 130 g/mol. The molecule has 0 spiro atoms. The van der Waals surface area contributed by atoms with Crippen LogP contribution in [0.25, 0.3) is 0 Å². The lowest BCUT2D eigenvalue weighted by Gasteiger charge is -2.22. The predicted octanol–water partition coefficient (Wildman–Crippen LogP) is 1.10. The zero-order chi connectivity index (χ0) is 6.10. The van der Waals surface area contributed by atoms with Gasteiger partial charge in [0.1, 0.15) is 0 Å². The summed E-state index contributed by atoms with van der Waals surface area (Å²) in [5.74, 6) is 3.74. The Morgan fingerprint density at radius 3 is 2.78 bits per heavy atom. The first-order chi connectivity index (χ1) is 4.47. The predicted molar refractivity (Wildman–Crippen MR) is 41.8 cm³/mol. The quantitative estimate of drug-likeness (QED) is 0.590. The Labute approximate surface area is 60.6 Å². The van der Waals surface area contributed by atoms with Gasteiger partial charge >= 0.3 is 0 Å². The summed E-state index contributed by atoms with van der Waals surface area (Å²) >= 11 is 2.11. The van der Waals surface area contributed by atoms with Crippen LogP contribution in [-0.2, 0) is 0 Å². The van der Waals surface area contributed by atoms with Crippen molar-refractivity contribution < 1.29 is 0 Å². The van der Waals surface area contributed by atoms with E-state index in [0.29, 0.717) is 0 Å². The van der Waals surface area contributed by atoms with Crippen LogP contribution >= 0.6 is 11.8 Å². The summed E-state index contributed by atoms with van der Waals surface area (Å²) in [5.41, 5.74) is 0. The van der Waals surface area contributed by atoms with Crippen molar-refractivity contribution in [2.75, 3.05) is 18.1 Å². The van der Waals surface area contributed by atoms with Gasteiger partial charge in [-0.25, -0.2) is 0 Å². The molecule has 2 aliphatic rings. The van der Waals surface area contributed by atoms with E-state index in [1.54, 1.807) is 0 Å². The Bertz CT molecular complexity index is 95.1. The van der Waals surface area contributed by atoms with Gasteiger partial charge in [-0.2, -0.15) is 11.8 Å². The molecule has 52 valence electrons. The smallest absolute Gasteiger partial charge is 0.0186 e. The van der Waals surface area contributed by atoms with E-state index in [1.807, 2.05) is 0 Å². The van der Waals surface area contributed by atoms with Crippen molar-refractivity contribution in [1.82, 2.24) is 5.32 Å². The topological polar surface area (TPSA) is 12.0 Å². The minimum Gasteiger partial charge on any atom is -0.312 e. The fourth-order valence-corrected chi connectivity index (χ4v) is 2.46. The number of nitrogens with one attached hydrogen (secondary N) is 1. The molecule has 2 fully saturated rings. The van der Waals surface area contributed by atoms with Gasteiger partial charge in [0.15, 0.2) is 0 Å². The van der Waals surface area contributed by atoms with Gasteiger partial charge < -0.3 is 5.32 Å². The normalized spacial score (nSPS) is 36.7. The molecule has 1 aliphatic heterocycles. The second kappa shape index (κ2) is 2.51. The van der Waals surface area contributed by atoms with Gasteiger partial charge in [-0.3, -0.25) is 0 Å². The van der Waals surface area contributed by atoms with Crippen LogP contribution in [0.1, 0.15) is 12.8 Å². The van der Waals surface area contributed by atoms with Gasteiger partial charge in [-0.1, -0.05) is 0 Å². The van der Waals surface area contributed by atoms with E-state index in [4.69, 9.17) is 0 Å². The van der Waals surface area contributed by atoms with Crippen molar-refractivity contribution >= 4 is 11.8 Å². The van der Waals surface area contributed by atoms with Crippen molar-refractivity contribution in [3.05, 3.63) is 0 Å². The fourth-order valence-electron chi connectivity index (χ4n) is 1.39. The molecule has 1 heterocycles. The van der Waals surface area contributed by atoms with Crippen LogP contribution in [0.5, 0.6) is 0 Å². The van der Waals surface area contributed by atoms with Crippen molar-refractivity contribution in [3.8, 4) is 0 Å². The SMILES string of the molecule is C1CSCC(C2CC2)N1. The van der Waals surface area contributed by atoms with Crippen LogP contribution in [0.3, 0.4) is 0 Å². The standard InChI is InChI=1S/C7H13NS/c1-2-6(1)7-5-9-4-3-8-7/h6-8H,1-5H2. The molecule has 2 rings (SSSR count). The number of rotatable bonds is 1. The first-order valence-electron chi connectivity index (χ1n) is 3.78. The highest BCUT2D eigenvalue weighted by Crippen LogP contribution is 2.34. The third kappa shape index (κ3) is 1.41. The minimum atomic E-state index is 0.878. The summed E-state index contributed by atoms with van der Waals surface area (Å²) in [6.45, 7) is 1.24. The first-order valence-corrected chi connectivity index (χ1v) is 4.93. The van der Waals surface area contributed by atoms with Crippen LogP contribution in [0.15, 0.2) is 0 Å². The Balaban J connectivity index is 1.80. The molecule has 0 aromatic rings. The number of thioether (sulfide) groups is 1. The van der Waals surface area contributed by atoms with Gasteiger partial charge in [-0.15, -0.1) is 0 Å². The van der Waals surface area contributed by atoms with Crippen molar-refractivity contribution in [3.63, 3.8) is 0 Å². The number of hydrogen-bond donors (Lipinski definition) is 1. The van der Waals surface area contributed by atoms with E-state index < -0.39 is 0 Å². The van der Waals surface area contributed by atoms with Gasteiger partial charge in [0.05, 0.1) is 0 Å². The molecule has 2 heteroatoms. The minimum absolute atomic E-state index is 0.878. The Kier molecular flexibility index (Phi) is 1.68. The third-order valence-electron chi connectivity index (χ3n) is 2.14. The molecule has 1 unspecified atom stereocenters. The van der Waals surface area contributed by atoms with Crippen molar-refractivity contribution in [1.29, 1.82) is 0 Å². The Morgan fingerprint density at radius 1 is 1.33 bits per heavy atom. The van der Waals surface area contributed by atoms with Gasteiger partial charge in [0, 0.05) is 24.1 Å². The average Bonchev–Trinajstić information content (AvgIpc) is 2.71. The van der Waals surface area contributed by atoms with Crippen LogP contribution in [0, 0.1) is 5.92 Å². The van der Waals surface area contributed by atoms with Crippen LogP contribution < -0.4 is 5.32 Å². The van der Waals surface area contributed by atoms with E-state index >= 15 is 0 Å². The molecular formula is C7H13NS. The molecule has 1 N–H and O–H groups in total. The second-order valence-electron chi connectivity index (χ2n) is 2.97. The monoisotopic (exact) mass is 143 g/mol. The largest absolute Gasteiger partial charge is 0.312 e. The molecule has 1 atom stereocenters. The molecule has 9 heavy (non-hydrogen) atoms. The summed E-state index contributed by atoms with van der Waals surface area (Å²) in [6, 6.07) is 0.878. The maximum absolute atomic E-state index is 3.56. The van der Waals surface area contributed by atoms with Crippen LogP contribution in [0.2, 0.25) is 0 Å². The summed E-state index contributed by atoms with van der Waals surface area (Å²) in [5, 5.41) is 3.56. The maximum Gasteiger partial charge on any atom is 0.0186 e. The zero-order valence-corrected chi connectivity index (χ0v) is 6.41. The van der Waals surface area contributed by atoms with E-state index in [-0.39, 0.29) is 0 Å². The summed E-state index contributed by atoms with van der Waals surface area (Å²) in [7, 11) is 0. The highest BCUT2D eigenvalue weighted by atomic mass is 32.2. The molecule has 1 nitrogen and oxygen atoms in total. The highest BCUT2D eigenvalue weighted by Gasteiger charge is 2.31. The lowest BCUT2D eigenvalue weighted by atomic mass is 10.2. The van der Waals surface area contributed by atoms with E-state index in [9.17, 15) is 0 Å². The summed E-state index contributed by atoms with van der Waals surface area (Å²) in [4.78, 5) is 0. The molecule has 1 saturated carbocycles. The Morgan fingerprint density at radius 2 is 2.22 bits per heavy atom. The lowest BCUT2D eigenvalue weighted by Crippen LogP contribution is -2.38. The van der Waals surface area contributed by atoms with Gasteiger partial charge in [-0.05, 0) is 18.8 Å². The molecule has 0 bridgehead atoms. The molecule has 0 aromatic heterocycles. The first kappa shape index (κ1) is 6.05. The zero-order valence-electron chi connectivity index (χ0n) is 5.60. The average molecular weight is 143 g/mol. The lowest BCUT2D eigenvalue weighted by molar-refractivity contribution is 0.511. The summed E-state index contributed by atoms with van der Waals surface area (Å²) in [6.07, 6.45) is 2.97. The van der Waals surface area contributed by atoms with Crippen LogP contribution in [-0.4, -0.2) is 24.1 Å². The van der Waals surface area contributed by atoms with Gasteiger partial charge in [0.25, 0.3) is 0 Å². The van der Waals surface area contributed by atoms with Crippen LogP contribution in [0.4, 0.5) is 0 Å². The highest BCUT2D eigenvalue weighted by molar-refractivity contribution is 7.99. The van der Waals surface area contributed by atoms with Crippen molar-refractivity contribution in [2.24, 2.45) is 5.92 Å². The fraction of sp³-hybridized carbons (Fsp3) is 1.00. The molecule has 0 radical (unpaired) electrons. The third-order valence-corrected chi connectivity index (χ3v) is 3.23. The Hall–Kier alpha value is 0.310. The second-order valence-corrected chi connectivity index (χ2v) is 4.12.